The molecule has 0 aromatic heterocycles. The zero-order valence-corrected chi connectivity index (χ0v) is 15.7. The van der Waals surface area contributed by atoms with Gasteiger partial charge in [-0.3, -0.25) is 9.59 Å². The fourth-order valence-electron chi connectivity index (χ4n) is 3.24. The number of hydrogen-bond donors (Lipinski definition) is 1. The van der Waals surface area contributed by atoms with Crippen molar-refractivity contribution in [2.45, 2.75) is 32.2 Å². The van der Waals surface area contributed by atoms with E-state index >= 15 is 0 Å². The van der Waals surface area contributed by atoms with E-state index in [-0.39, 0.29) is 11.8 Å². The Morgan fingerprint density at radius 3 is 2.41 bits per heavy atom. The number of hydrogen-bond acceptors (Lipinski definition) is 3. The van der Waals surface area contributed by atoms with Crippen molar-refractivity contribution in [3.8, 4) is 5.75 Å². The second kappa shape index (κ2) is 9.21. The SMILES string of the molecule is COc1ccc(CCCNC(=O)c2ccc(CN3CCCC3=O)cc2)cc1. The highest BCUT2D eigenvalue weighted by Gasteiger charge is 2.19. The summed E-state index contributed by atoms with van der Waals surface area (Å²) in [7, 11) is 1.66. The van der Waals surface area contributed by atoms with Gasteiger partial charge in [-0.15, -0.1) is 0 Å². The first kappa shape index (κ1) is 19.0. The summed E-state index contributed by atoms with van der Waals surface area (Å²) in [5, 5.41) is 2.96. The topological polar surface area (TPSA) is 58.6 Å². The van der Waals surface area contributed by atoms with Gasteiger partial charge in [0.1, 0.15) is 5.75 Å². The van der Waals surface area contributed by atoms with Crippen LogP contribution in [0, 0.1) is 0 Å². The molecular formula is C22H26N2O3. The average molecular weight is 366 g/mol. The minimum Gasteiger partial charge on any atom is -0.497 e. The molecule has 142 valence electrons. The Morgan fingerprint density at radius 2 is 1.78 bits per heavy atom. The minimum atomic E-state index is -0.0615. The molecule has 0 aliphatic carbocycles. The summed E-state index contributed by atoms with van der Waals surface area (Å²) in [6, 6.07) is 15.5. The highest BCUT2D eigenvalue weighted by Crippen LogP contribution is 2.15. The smallest absolute Gasteiger partial charge is 0.251 e. The lowest BCUT2D eigenvalue weighted by Gasteiger charge is -2.15. The van der Waals surface area contributed by atoms with Crippen LogP contribution >= 0.6 is 0 Å². The molecule has 0 radical (unpaired) electrons. The van der Waals surface area contributed by atoms with Gasteiger partial charge in [0.25, 0.3) is 5.91 Å². The van der Waals surface area contributed by atoms with Gasteiger partial charge in [-0.2, -0.15) is 0 Å². The van der Waals surface area contributed by atoms with Crippen LogP contribution in [0.15, 0.2) is 48.5 Å². The highest BCUT2D eigenvalue weighted by molar-refractivity contribution is 5.94. The number of nitrogens with one attached hydrogen (secondary N) is 1. The third kappa shape index (κ3) is 5.33. The first-order chi connectivity index (χ1) is 13.2. The van der Waals surface area contributed by atoms with Crippen molar-refractivity contribution >= 4 is 11.8 Å². The Kier molecular flexibility index (Phi) is 6.47. The maximum absolute atomic E-state index is 12.3. The fraction of sp³-hybridized carbons (Fsp3) is 0.364. The molecule has 0 spiro atoms. The lowest BCUT2D eigenvalue weighted by Crippen LogP contribution is -2.25. The maximum Gasteiger partial charge on any atom is 0.251 e. The largest absolute Gasteiger partial charge is 0.497 e. The van der Waals surface area contributed by atoms with Gasteiger partial charge >= 0.3 is 0 Å². The first-order valence-electron chi connectivity index (χ1n) is 9.43. The lowest BCUT2D eigenvalue weighted by molar-refractivity contribution is -0.128. The van der Waals surface area contributed by atoms with Gasteiger partial charge in [-0.1, -0.05) is 24.3 Å². The summed E-state index contributed by atoms with van der Waals surface area (Å²) in [6.07, 6.45) is 3.38. The molecule has 1 aliphatic heterocycles. The number of likely N-dealkylation sites (tertiary alicyclic amines) is 1. The maximum atomic E-state index is 12.3. The zero-order valence-electron chi connectivity index (χ0n) is 15.7. The van der Waals surface area contributed by atoms with Crippen LogP contribution in [0.25, 0.3) is 0 Å². The Labute approximate surface area is 160 Å². The van der Waals surface area contributed by atoms with Crippen molar-refractivity contribution in [3.05, 3.63) is 65.2 Å². The van der Waals surface area contributed by atoms with Gasteiger partial charge in [-0.25, -0.2) is 0 Å². The van der Waals surface area contributed by atoms with Crippen molar-refractivity contribution in [1.29, 1.82) is 0 Å². The molecule has 2 amide bonds. The van der Waals surface area contributed by atoms with Gasteiger partial charge in [0.15, 0.2) is 0 Å². The number of benzene rings is 2. The number of ether oxygens (including phenoxy) is 1. The number of aryl methyl sites for hydroxylation is 1. The predicted octanol–water partition coefficient (Wildman–Crippen LogP) is 3.18. The number of amides is 2. The molecule has 1 heterocycles. The van der Waals surface area contributed by atoms with E-state index in [2.05, 4.69) is 5.32 Å². The summed E-state index contributed by atoms with van der Waals surface area (Å²) < 4.78 is 5.15. The number of carbonyl (C=O) groups is 2. The summed E-state index contributed by atoms with van der Waals surface area (Å²) in [5.74, 6) is 1.01. The van der Waals surface area contributed by atoms with Gasteiger partial charge in [0, 0.05) is 31.6 Å². The second-order valence-electron chi connectivity index (χ2n) is 6.82. The monoisotopic (exact) mass is 366 g/mol. The quantitative estimate of drug-likeness (QED) is 0.730. The van der Waals surface area contributed by atoms with E-state index in [1.54, 1.807) is 7.11 Å². The van der Waals surface area contributed by atoms with Crippen molar-refractivity contribution in [2.24, 2.45) is 0 Å². The molecule has 2 aromatic rings. The van der Waals surface area contributed by atoms with Crippen LogP contribution in [0.1, 0.15) is 40.7 Å². The van der Waals surface area contributed by atoms with Gasteiger partial charge < -0.3 is 15.0 Å². The Morgan fingerprint density at radius 1 is 1.07 bits per heavy atom. The second-order valence-corrected chi connectivity index (χ2v) is 6.82. The van der Waals surface area contributed by atoms with Crippen LogP contribution in [-0.4, -0.2) is 36.9 Å². The number of nitrogens with zero attached hydrogens (tertiary/aromatic N) is 1. The summed E-state index contributed by atoms with van der Waals surface area (Å²) in [6.45, 7) is 2.09. The Bertz CT molecular complexity index is 769. The van der Waals surface area contributed by atoms with Crippen molar-refractivity contribution < 1.29 is 14.3 Å². The van der Waals surface area contributed by atoms with E-state index in [4.69, 9.17) is 4.74 Å². The first-order valence-corrected chi connectivity index (χ1v) is 9.43. The molecule has 2 aromatic carbocycles. The molecule has 3 rings (SSSR count). The van der Waals surface area contributed by atoms with Crippen LogP contribution in [0.3, 0.4) is 0 Å². The molecular weight excluding hydrogens is 340 g/mol. The summed E-state index contributed by atoms with van der Waals surface area (Å²) >= 11 is 0. The third-order valence-corrected chi connectivity index (χ3v) is 4.85. The molecule has 0 atom stereocenters. The van der Waals surface area contributed by atoms with Crippen LogP contribution in [-0.2, 0) is 17.8 Å². The zero-order chi connectivity index (χ0) is 19.1. The van der Waals surface area contributed by atoms with Gasteiger partial charge in [-0.05, 0) is 54.7 Å². The van der Waals surface area contributed by atoms with E-state index in [9.17, 15) is 9.59 Å². The standard InChI is InChI=1S/C22H26N2O3/c1-27-20-12-8-17(9-13-20)4-2-14-23-22(26)19-10-6-18(7-11-19)16-24-15-3-5-21(24)25/h6-13H,2-5,14-16H2,1H3,(H,23,26). The van der Waals surface area contributed by atoms with Crippen LogP contribution in [0.5, 0.6) is 5.75 Å². The van der Waals surface area contributed by atoms with E-state index < -0.39 is 0 Å². The van der Waals surface area contributed by atoms with E-state index in [0.717, 1.165) is 37.1 Å². The predicted molar refractivity (Wildman–Crippen MR) is 105 cm³/mol. The number of methoxy groups -OCH3 is 1. The van der Waals surface area contributed by atoms with E-state index in [1.165, 1.54) is 5.56 Å². The molecule has 1 aliphatic rings. The van der Waals surface area contributed by atoms with Crippen LogP contribution in [0.4, 0.5) is 0 Å². The lowest BCUT2D eigenvalue weighted by atomic mass is 10.1. The molecule has 1 fully saturated rings. The number of rotatable bonds is 8. The average Bonchev–Trinajstić information content (AvgIpc) is 3.10. The molecule has 0 unspecified atom stereocenters. The molecule has 5 nitrogen and oxygen atoms in total. The van der Waals surface area contributed by atoms with E-state index in [0.29, 0.717) is 25.1 Å². The van der Waals surface area contributed by atoms with Crippen molar-refractivity contribution in [3.63, 3.8) is 0 Å². The summed E-state index contributed by atoms with van der Waals surface area (Å²) in [5.41, 5.74) is 2.93. The fourth-order valence-corrected chi connectivity index (χ4v) is 3.24. The van der Waals surface area contributed by atoms with Gasteiger partial charge in [0.05, 0.1) is 7.11 Å². The Balaban J connectivity index is 1.41. The molecule has 1 saturated heterocycles. The molecule has 5 heteroatoms. The van der Waals surface area contributed by atoms with Gasteiger partial charge in [0.2, 0.25) is 5.91 Å². The Hall–Kier alpha value is -2.82. The molecule has 27 heavy (non-hydrogen) atoms. The van der Waals surface area contributed by atoms with Crippen LogP contribution < -0.4 is 10.1 Å². The van der Waals surface area contributed by atoms with Crippen LogP contribution in [0.2, 0.25) is 0 Å². The molecule has 0 saturated carbocycles. The minimum absolute atomic E-state index is 0.0615. The summed E-state index contributed by atoms with van der Waals surface area (Å²) in [4.78, 5) is 25.8. The molecule has 1 N–H and O–H groups in total. The highest BCUT2D eigenvalue weighted by atomic mass is 16.5. The molecule has 0 bridgehead atoms. The normalized spacial score (nSPS) is 13.7. The number of carbonyl (C=O) groups excluding carboxylic acids is 2. The van der Waals surface area contributed by atoms with Crippen molar-refractivity contribution in [2.75, 3.05) is 20.2 Å². The third-order valence-electron chi connectivity index (χ3n) is 4.85. The van der Waals surface area contributed by atoms with E-state index in [1.807, 2.05) is 53.4 Å². The van der Waals surface area contributed by atoms with Crippen molar-refractivity contribution in [1.82, 2.24) is 10.2 Å².